The highest BCUT2D eigenvalue weighted by molar-refractivity contribution is 5.92. The number of halogens is 3. The van der Waals surface area contributed by atoms with Gasteiger partial charge in [-0.25, -0.2) is 9.59 Å². The molecule has 0 aliphatic heterocycles. The van der Waals surface area contributed by atoms with E-state index < -0.39 is 24.2 Å². The lowest BCUT2D eigenvalue weighted by Crippen LogP contribution is -2.33. The van der Waals surface area contributed by atoms with E-state index in [1.54, 1.807) is 12.1 Å². The molecule has 0 aliphatic carbocycles. The van der Waals surface area contributed by atoms with Crippen molar-refractivity contribution in [3.8, 4) is 22.6 Å². The molecule has 0 fully saturated rings. The van der Waals surface area contributed by atoms with Gasteiger partial charge in [0.2, 0.25) is 0 Å². The maximum absolute atomic E-state index is 13.5. The van der Waals surface area contributed by atoms with Gasteiger partial charge in [0, 0.05) is 0 Å². The third-order valence-corrected chi connectivity index (χ3v) is 7.81. The van der Waals surface area contributed by atoms with Crippen LogP contribution in [-0.2, 0) is 4.74 Å². The van der Waals surface area contributed by atoms with E-state index in [1.165, 1.54) is 56.4 Å². The summed E-state index contributed by atoms with van der Waals surface area (Å²) in [5.41, 5.74) is 2.18. The summed E-state index contributed by atoms with van der Waals surface area (Å²) in [7, 11) is 0. The maximum atomic E-state index is 13.5. The second-order valence-electron chi connectivity index (χ2n) is 11.6. The Balaban J connectivity index is 1.47. The fraction of sp³-hybridized carbons (Fsp3) is 0.474. The number of rotatable bonds is 20. The SMILES string of the molecule is CCCCCCCCOc1ccc(-c2ccc(C(=O)Oc3ccc(C(=O)O[C@H](CCCCCCCC)C(F)(F)F)cc3)cc2)cc1. The van der Waals surface area contributed by atoms with E-state index in [1.807, 2.05) is 36.4 Å². The molecule has 1 atom stereocenters. The van der Waals surface area contributed by atoms with Crippen LogP contribution in [0.2, 0.25) is 0 Å². The zero-order valence-corrected chi connectivity index (χ0v) is 27.1. The lowest BCUT2D eigenvalue weighted by Gasteiger charge is -2.20. The van der Waals surface area contributed by atoms with Crippen molar-refractivity contribution in [1.82, 2.24) is 0 Å². The van der Waals surface area contributed by atoms with Crippen molar-refractivity contribution >= 4 is 11.9 Å². The molecule has 0 saturated carbocycles. The summed E-state index contributed by atoms with van der Waals surface area (Å²) in [4.78, 5) is 25.2. The minimum atomic E-state index is -4.64. The molecule has 5 nitrogen and oxygen atoms in total. The van der Waals surface area contributed by atoms with Gasteiger partial charge in [0.05, 0.1) is 17.7 Å². The molecule has 8 heteroatoms. The molecule has 250 valence electrons. The molecule has 0 aliphatic rings. The predicted molar refractivity (Wildman–Crippen MR) is 175 cm³/mol. The number of ether oxygens (including phenoxy) is 3. The highest BCUT2D eigenvalue weighted by Gasteiger charge is 2.42. The van der Waals surface area contributed by atoms with Gasteiger partial charge in [-0.15, -0.1) is 0 Å². The Kier molecular flexibility index (Phi) is 15.7. The van der Waals surface area contributed by atoms with Gasteiger partial charge in [-0.2, -0.15) is 13.2 Å². The Morgan fingerprint density at radius 3 is 1.61 bits per heavy atom. The van der Waals surface area contributed by atoms with Crippen LogP contribution in [0.3, 0.4) is 0 Å². The number of benzene rings is 3. The number of esters is 2. The Bertz CT molecular complexity index is 1300. The number of carbonyl (C=O) groups excluding carboxylic acids is 2. The van der Waals surface area contributed by atoms with Crippen LogP contribution in [0.15, 0.2) is 72.8 Å². The number of hydrogen-bond donors (Lipinski definition) is 0. The topological polar surface area (TPSA) is 61.8 Å². The third-order valence-electron chi connectivity index (χ3n) is 7.81. The van der Waals surface area contributed by atoms with Crippen LogP contribution in [0.4, 0.5) is 13.2 Å². The predicted octanol–water partition coefficient (Wildman–Crippen LogP) is 11.2. The van der Waals surface area contributed by atoms with E-state index >= 15 is 0 Å². The monoisotopic (exact) mass is 640 g/mol. The average Bonchev–Trinajstić information content (AvgIpc) is 3.05. The van der Waals surface area contributed by atoms with E-state index in [0.29, 0.717) is 25.0 Å². The van der Waals surface area contributed by atoms with Gasteiger partial charge in [0.25, 0.3) is 0 Å². The van der Waals surface area contributed by atoms with Crippen molar-refractivity contribution in [2.24, 2.45) is 0 Å². The van der Waals surface area contributed by atoms with Crippen LogP contribution in [-0.4, -0.2) is 30.8 Å². The Morgan fingerprint density at radius 1 is 0.587 bits per heavy atom. The molecular weight excluding hydrogens is 593 g/mol. The number of hydrogen-bond acceptors (Lipinski definition) is 5. The minimum Gasteiger partial charge on any atom is -0.494 e. The van der Waals surface area contributed by atoms with Gasteiger partial charge in [0.15, 0.2) is 6.10 Å². The Hall–Kier alpha value is -3.81. The van der Waals surface area contributed by atoms with Crippen molar-refractivity contribution in [1.29, 1.82) is 0 Å². The van der Waals surface area contributed by atoms with Gasteiger partial charge >= 0.3 is 18.1 Å². The van der Waals surface area contributed by atoms with Crippen molar-refractivity contribution < 1.29 is 37.0 Å². The summed E-state index contributed by atoms with van der Waals surface area (Å²) in [6.07, 6.45) is 5.16. The summed E-state index contributed by atoms with van der Waals surface area (Å²) in [5, 5.41) is 0. The molecular formula is C38H47F3O5. The van der Waals surface area contributed by atoms with Crippen molar-refractivity contribution in [2.75, 3.05) is 6.61 Å². The van der Waals surface area contributed by atoms with Gasteiger partial charge in [-0.3, -0.25) is 0 Å². The largest absolute Gasteiger partial charge is 0.494 e. The van der Waals surface area contributed by atoms with E-state index in [-0.39, 0.29) is 17.7 Å². The van der Waals surface area contributed by atoms with Crippen LogP contribution in [0.1, 0.15) is 118 Å². The Morgan fingerprint density at radius 2 is 1.04 bits per heavy atom. The van der Waals surface area contributed by atoms with Gasteiger partial charge in [-0.1, -0.05) is 102 Å². The minimum absolute atomic E-state index is 0.0554. The van der Waals surface area contributed by atoms with Gasteiger partial charge in [-0.05, 0) is 78.9 Å². The van der Waals surface area contributed by atoms with Crippen LogP contribution < -0.4 is 9.47 Å². The molecule has 3 aromatic rings. The second-order valence-corrected chi connectivity index (χ2v) is 11.6. The molecule has 0 bridgehead atoms. The summed E-state index contributed by atoms with van der Waals surface area (Å²) in [5.74, 6) is -0.692. The molecule has 0 spiro atoms. The summed E-state index contributed by atoms with van der Waals surface area (Å²) >= 11 is 0. The number of alkyl halides is 3. The molecule has 0 aromatic heterocycles. The lowest BCUT2D eigenvalue weighted by molar-refractivity contribution is -0.206. The zero-order valence-electron chi connectivity index (χ0n) is 27.1. The van der Waals surface area contributed by atoms with Crippen molar-refractivity contribution in [3.63, 3.8) is 0 Å². The number of carbonyl (C=O) groups is 2. The highest BCUT2D eigenvalue weighted by Crippen LogP contribution is 2.29. The summed E-state index contributed by atoms with van der Waals surface area (Å²) in [6, 6.07) is 20.1. The molecule has 0 heterocycles. The fourth-order valence-corrected chi connectivity index (χ4v) is 5.04. The normalized spacial score (nSPS) is 12.0. The van der Waals surface area contributed by atoms with Crippen LogP contribution in [0.25, 0.3) is 11.1 Å². The molecule has 3 rings (SSSR count). The lowest BCUT2D eigenvalue weighted by atomic mass is 10.0. The van der Waals surface area contributed by atoms with E-state index in [2.05, 4.69) is 13.8 Å². The van der Waals surface area contributed by atoms with Gasteiger partial charge < -0.3 is 14.2 Å². The second kappa shape index (κ2) is 19.6. The summed E-state index contributed by atoms with van der Waals surface area (Å²) in [6.45, 7) is 4.98. The van der Waals surface area contributed by atoms with E-state index in [9.17, 15) is 22.8 Å². The average molecular weight is 641 g/mol. The third kappa shape index (κ3) is 12.9. The smallest absolute Gasteiger partial charge is 0.425 e. The molecule has 0 amide bonds. The first kappa shape index (κ1) is 36.7. The number of unbranched alkanes of at least 4 members (excludes halogenated alkanes) is 10. The quantitative estimate of drug-likeness (QED) is 0.0698. The molecule has 0 unspecified atom stereocenters. The first-order valence-corrected chi connectivity index (χ1v) is 16.6. The van der Waals surface area contributed by atoms with Crippen LogP contribution in [0.5, 0.6) is 11.5 Å². The Labute approximate surface area is 271 Å². The molecule has 0 N–H and O–H groups in total. The van der Waals surface area contributed by atoms with Crippen LogP contribution in [0, 0.1) is 0 Å². The first-order valence-electron chi connectivity index (χ1n) is 16.6. The van der Waals surface area contributed by atoms with E-state index in [0.717, 1.165) is 49.0 Å². The zero-order chi connectivity index (χ0) is 33.2. The standard InChI is InChI=1S/C38H47F3O5/c1-3-5-7-9-11-13-15-35(38(39,40)41)46-37(43)32-22-26-34(27-23-32)45-36(42)31-18-16-29(17-19-31)30-20-24-33(25-21-30)44-28-14-12-10-8-6-4-2/h16-27,35H,3-15,28H2,1-2H3/t35-/m1/s1. The maximum Gasteiger partial charge on any atom is 0.425 e. The first-order chi connectivity index (χ1) is 22.2. The van der Waals surface area contributed by atoms with Crippen molar-refractivity contribution in [3.05, 3.63) is 83.9 Å². The summed E-state index contributed by atoms with van der Waals surface area (Å²) < 4.78 is 56.5. The molecule has 0 saturated heterocycles. The molecule has 46 heavy (non-hydrogen) atoms. The van der Waals surface area contributed by atoms with Crippen LogP contribution >= 0.6 is 0 Å². The fourth-order valence-electron chi connectivity index (χ4n) is 5.04. The molecule has 3 aromatic carbocycles. The highest BCUT2D eigenvalue weighted by atomic mass is 19.4. The molecule has 0 radical (unpaired) electrons. The van der Waals surface area contributed by atoms with Crippen molar-refractivity contribution in [2.45, 2.75) is 110 Å². The van der Waals surface area contributed by atoms with Gasteiger partial charge in [0.1, 0.15) is 11.5 Å². The van der Waals surface area contributed by atoms with E-state index in [4.69, 9.17) is 14.2 Å².